The minimum atomic E-state index is 0.345. The van der Waals surface area contributed by atoms with Crippen molar-refractivity contribution in [2.24, 2.45) is 0 Å². The van der Waals surface area contributed by atoms with Crippen LogP contribution in [0.15, 0.2) is 52.9 Å². The molecule has 28 heavy (non-hydrogen) atoms. The number of nitrogens with one attached hydrogen (secondary N) is 1. The molecular weight excluding hydrogens is 352 g/mol. The average molecular weight is 374 g/mol. The Kier molecular flexibility index (Phi) is 4.69. The fourth-order valence-electron chi connectivity index (χ4n) is 2.93. The Bertz CT molecular complexity index is 1100. The Hall–Kier alpha value is -3.41. The number of ether oxygens (including phenoxy) is 1. The zero-order valence-electron chi connectivity index (χ0n) is 16.4. The maximum Gasteiger partial charge on any atom is 0.322 e. The second-order valence-electron chi connectivity index (χ2n) is 7.09. The van der Waals surface area contributed by atoms with Crippen LogP contribution in [0.25, 0.3) is 11.1 Å². The third kappa shape index (κ3) is 3.96. The molecule has 4 rings (SSSR count). The zero-order chi connectivity index (χ0) is 19.7. The molecule has 4 aromatic rings. The van der Waals surface area contributed by atoms with Crippen molar-refractivity contribution in [2.75, 3.05) is 5.32 Å². The lowest BCUT2D eigenvalue weighted by atomic mass is 10.0. The Balaban J connectivity index is 1.49. The molecule has 0 fully saturated rings. The Labute approximate surface area is 163 Å². The van der Waals surface area contributed by atoms with Gasteiger partial charge in [-0.15, -0.1) is 0 Å². The van der Waals surface area contributed by atoms with E-state index in [0.717, 1.165) is 28.2 Å². The summed E-state index contributed by atoms with van der Waals surface area (Å²) in [6.07, 6.45) is 0. The number of hydrogen-bond acceptors (Lipinski definition) is 6. The number of fused-ring (bicyclic) bond motifs is 1. The molecule has 0 radical (unpaired) electrons. The SMILES string of the molecule is Cc1cc(C)nc(Oc2ccc(Nc3nc4cc(C(C)C)ccc4o3)cc2)n1. The van der Waals surface area contributed by atoms with Gasteiger partial charge in [0.2, 0.25) is 0 Å². The first-order valence-electron chi connectivity index (χ1n) is 9.24. The van der Waals surface area contributed by atoms with Crippen LogP contribution in [0.2, 0.25) is 0 Å². The number of hydrogen-bond donors (Lipinski definition) is 1. The maximum atomic E-state index is 5.79. The smallest absolute Gasteiger partial charge is 0.322 e. The van der Waals surface area contributed by atoms with Crippen molar-refractivity contribution in [1.29, 1.82) is 0 Å². The van der Waals surface area contributed by atoms with E-state index in [0.29, 0.717) is 23.7 Å². The highest BCUT2D eigenvalue weighted by atomic mass is 16.5. The quantitative estimate of drug-likeness (QED) is 0.469. The number of nitrogens with zero attached hydrogens (tertiary/aromatic N) is 3. The van der Waals surface area contributed by atoms with Gasteiger partial charge in [-0.2, -0.15) is 4.98 Å². The molecule has 2 heterocycles. The molecular formula is C22H22N4O2. The summed E-state index contributed by atoms with van der Waals surface area (Å²) < 4.78 is 11.5. The normalized spacial score (nSPS) is 11.2. The van der Waals surface area contributed by atoms with Crippen molar-refractivity contribution >= 4 is 22.8 Å². The predicted molar refractivity (Wildman–Crippen MR) is 109 cm³/mol. The molecule has 2 aromatic heterocycles. The van der Waals surface area contributed by atoms with E-state index in [-0.39, 0.29) is 0 Å². The lowest BCUT2D eigenvalue weighted by Crippen LogP contribution is -1.96. The molecule has 0 atom stereocenters. The summed E-state index contributed by atoms with van der Waals surface area (Å²) in [5, 5.41) is 3.19. The first-order valence-corrected chi connectivity index (χ1v) is 9.24. The van der Waals surface area contributed by atoms with E-state index in [4.69, 9.17) is 9.15 Å². The second kappa shape index (κ2) is 7.31. The van der Waals surface area contributed by atoms with E-state index in [1.54, 1.807) is 0 Å². The Morgan fingerprint density at radius 2 is 1.61 bits per heavy atom. The highest BCUT2D eigenvalue weighted by Gasteiger charge is 2.09. The number of benzene rings is 2. The van der Waals surface area contributed by atoms with Crippen LogP contribution < -0.4 is 10.1 Å². The topological polar surface area (TPSA) is 73.1 Å². The van der Waals surface area contributed by atoms with Gasteiger partial charge in [0.25, 0.3) is 6.01 Å². The van der Waals surface area contributed by atoms with Gasteiger partial charge in [-0.05, 0) is 67.8 Å². The third-order valence-electron chi connectivity index (χ3n) is 4.35. The second-order valence-corrected chi connectivity index (χ2v) is 7.09. The molecule has 0 unspecified atom stereocenters. The highest BCUT2D eigenvalue weighted by Crippen LogP contribution is 2.27. The van der Waals surface area contributed by atoms with Crippen LogP contribution in [-0.2, 0) is 0 Å². The first kappa shape index (κ1) is 18.0. The lowest BCUT2D eigenvalue weighted by Gasteiger charge is -2.07. The highest BCUT2D eigenvalue weighted by molar-refractivity contribution is 5.76. The van der Waals surface area contributed by atoms with E-state index in [2.05, 4.69) is 46.2 Å². The number of aromatic nitrogens is 3. The van der Waals surface area contributed by atoms with Crippen LogP contribution in [0.3, 0.4) is 0 Å². The number of aryl methyl sites for hydroxylation is 2. The standard InChI is InChI=1S/C22H22N4O2/c1-13(2)16-5-10-20-19(12-16)26-22(28-20)25-17-6-8-18(9-7-17)27-21-23-14(3)11-15(4)24-21/h5-13H,1-4H3,(H,25,26). The summed E-state index contributed by atoms with van der Waals surface area (Å²) in [6, 6.07) is 16.3. The van der Waals surface area contributed by atoms with Crippen LogP contribution in [0.4, 0.5) is 11.7 Å². The molecule has 0 spiro atoms. The van der Waals surface area contributed by atoms with Gasteiger partial charge < -0.3 is 14.5 Å². The fraction of sp³-hybridized carbons (Fsp3) is 0.227. The lowest BCUT2D eigenvalue weighted by molar-refractivity contribution is 0.439. The Morgan fingerprint density at radius 1 is 0.893 bits per heavy atom. The van der Waals surface area contributed by atoms with Gasteiger partial charge in [-0.3, -0.25) is 0 Å². The minimum Gasteiger partial charge on any atom is -0.424 e. The van der Waals surface area contributed by atoms with Gasteiger partial charge in [-0.25, -0.2) is 9.97 Å². The number of anilines is 2. The summed E-state index contributed by atoms with van der Waals surface area (Å²) in [6.45, 7) is 8.15. The molecule has 0 bridgehead atoms. The van der Waals surface area contributed by atoms with Gasteiger partial charge in [0.05, 0.1) is 0 Å². The minimum absolute atomic E-state index is 0.345. The molecule has 0 saturated heterocycles. The zero-order valence-corrected chi connectivity index (χ0v) is 16.4. The van der Waals surface area contributed by atoms with Crippen molar-refractivity contribution in [3.8, 4) is 11.8 Å². The molecule has 0 aliphatic rings. The molecule has 1 N–H and O–H groups in total. The molecule has 0 saturated carbocycles. The van der Waals surface area contributed by atoms with E-state index < -0.39 is 0 Å². The molecule has 6 nitrogen and oxygen atoms in total. The van der Waals surface area contributed by atoms with E-state index in [1.807, 2.05) is 50.2 Å². The maximum absolute atomic E-state index is 5.79. The fourth-order valence-corrected chi connectivity index (χ4v) is 2.93. The van der Waals surface area contributed by atoms with Crippen molar-refractivity contribution in [3.63, 3.8) is 0 Å². The largest absolute Gasteiger partial charge is 0.424 e. The van der Waals surface area contributed by atoms with Crippen LogP contribution in [-0.4, -0.2) is 15.0 Å². The van der Waals surface area contributed by atoms with Gasteiger partial charge in [0.1, 0.15) is 11.3 Å². The van der Waals surface area contributed by atoms with Crippen LogP contribution in [0.1, 0.15) is 36.7 Å². The summed E-state index contributed by atoms with van der Waals surface area (Å²) in [5.74, 6) is 1.11. The van der Waals surface area contributed by atoms with Crippen LogP contribution >= 0.6 is 0 Å². The molecule has 0 aliphatic heterocycles. The summed E-state index contributed by atoms with van der Waals surface area (Å²) in [5.41, 5.74) is 5.45. The van der Waals surface area contributed by atoms with Gasteiger partial charge >= 0.3 is 6.01 Å². The van der Waals surface area contributed by atoms with E-state index in [9.17, 15) is 0 Å². The van der Waals surface area contributed by atoms with Gasteiger partial charge in [0, 0.05) is 17.1 Å². The van der Waals surface area contributed by atoms with Gasteiger partial charge in [0.15, 0.2) is 5.58 Å². The van der Waals surface area contributed by atoms with Crippen molar-refractivity contribution in [1.82, 2.24) is 15.0 Å². The van der Waals surface area contributed by atoms with Crippen molar-refractivity contribution in [2.45, 2.75) is 33.6 Å². The molecule has 0 aliphatic carbocycles. The predicted octanol–water partition coefficient (Wildman–Crippen LogP) is 5.89. The van der Waals surface area contributed by atoms with Crippen molar-refractivity contribution in [3.05, 3.63) is 65.5 Å². The summed E-state index contributed by atoms with van der Waals surface area (Å²) >= 11 is 0. The third-order valence-corrected chi connectivity index (χ3v) is 4.35. The summed E-state index contributed by atoms with van der Waals surface area (Å²) in [7, 11) is 0. The molecule has 142 valence electrons. The van der Waals surface area contributed by atoms with Crippen LogP contribution in [0, 0.1) is 13.8 Å². The molecule has 2 aromatic carbocycles. The first-order chi connectivity index (χ1) is 13.5. The van der Waals surface area contributed by atoms with E-state index >= 15 is 0 Å². The molecule has 0 amide bonds. The number of oxazole rings is 1. The van der Waals surface area contributed by atoms with Gasteiger partial charge in [-0.1, -0.05) is 19.9 Å². The van der Waals surface area contributed by atoms with Crippen molar-refractivity contribution < 1.29 is 9.15 Å². The van der Waals surface area contributed by atoms with E-state index in [1.165, 1.54) is 5.56 Å². The monoisotopic (exact) mass is 374 g/mol. The average Bonchev–Trinajstić information content (AvgIpc) is 3.04. The molecule has 6 heteroatoms. The number of rotatable bonds is 5. The van der Waals surface area contributed by atoms with Crippen LogP contribution in [0.5, 0.6) is 11.8 Å². The Morgan fingerprint density at radius 3 is 2.29 bits per heavy atom. The summed E-state index contributed by atoms with van der Waals surface area (Å²) in [4.78, 5) is 13.1.